The second-order valence-corrected chi connectivity index (χ2v) is 16.3. The van der Waals surface area contributed by atoms with E-state index in [1.807, 2.05) is 12.1 Å². The largest absolute Gasteiger partial charge is 0.507 e. The summed E-state index contributed by atoms with van der Waals surface area (Å²) in [4.78, 5) is 86.3. The molecule has 1 aliphatic heterocycles. The van der Waals surface area contributed by atoms with Crippen molar-refractivity contribution in [2.45, 2.75) is 90.1 Å². The average Bonchev–Trinajstić information content (AvgIpc) is 3.25. The number of aliphatic carboxylic acids is 1. The predicted molar refractivity (Wildman–Crippen MR) is 240 cm³/mol. The van der Waals surface area contributed by atoms with E-state index in [0.717, 1.165) is 24.0 Å². The zero-order valence-electron chi connectivity index (χ0n) is 36.0. The van der Waals surface area contributed by atoms with Gasteiger partial charge < -0.3 is 37.0 Å². The summed E-state index contributed by atoms with van der Waals surface area (Å²) in [5, 5.41) is 34.3. The van der Waals surface area contributed by atoms with E-state index in [2.05, 4.69) is 41.5 Å². The minimum absolute atomic E-state index is 0.0333. The van der Waals surface area contributed by atoms with Crippen LogP contribution in [0.25, 0.3) is 22.3 Å². The van der Waals surface area contributed by atoms with Gasteiger partial charge in [-0.1, -0.05) is 80.9 Å². The van der Waals surface area contributed by atoms with E-state index in [1.165, 1.54) is 60.8 Å². The third kappa shape index (κ3) is 12.6. The number of benzene rings is 4. The Kier molecular flexibility index (Phi) is 16.3. The standard InChI is InChI=1S/C49H57N5O9/c1-4-7-30-11-14-32(15-12-30)33-16-18-34(19-17-33)41(56)10-5-9-37(55)27-36(8-6-23-52-49(50)51)47(61)54(3)45-35-20-22-43(58)39(28-35)38-25-31(13-21-42(38)57)26-40(48(62)63)53-46(60)29(2)24-44(45)59/h11-22,25,28-29,36,40,45,57-58H,4-10,23-24,26-27H2,1-3H3,(H,53,60)(H,62,63)(H4,50,51,52)/t29-,36-,40+,45+/m1/s1. The molecule has 14 nitrogen and oxygen atoms in total. The lowest BCUT2D eigenvalue weighted by molar-refractivity contribution is -0.144. The van der Waals surface area contributed by atoms with Crippen molar-refractivity contribution in [2.24, 2.45) is 28.3 Å². The van der Waals surface area contributed by atoms with E-state index in [1.54, 1.807) is 12.1 Å². The number of aliphatic imine (C=N–C) groups is 1. The molecule has 0 unspecified atom stereocenters. The van der Waals surface area contributed by atoms with Crippen LogP contribution in [0.4, 0.5) is 0 Å². The molecule has 8 N–H and O–H groups in total. The second kappa shape index (κ2) is 21.8. The second-order valence-electron chi connectivity index (χ2n) is 16.3. The number of fused-ring (bicyclic) bond motifs is 5. The van der Waals surface area contributed by atoms with Gasteiger partial charge in [0.05, 0.1) is 0 Å². The van der Waals surface area contributed by atoms with Gasteiger partial charge in [0.25, 0.3) is 0 Å². The molecule has 4 atom stereocenters. The Hall–Kier alpha value is -6.83. The van der Waals surface area contributed by atoms with Crippen molar-refractivity contribution in [1.29, 1.82) is 0 Å². The number of phenols is 2. The van der Waals surface area contributed by atoms with Gasteiger partial charge in [0, 0.05) is 74.2 Å². The molecule has 63 heavy (non-hydrogen) atoms. The van der Waals surface area contributed by atoms with Crippen molar-refractivity contribution < 1.29 is 44.1 Å². The highest BCUT2D eigenvalue weighted by Crippen LogP contribution is 2.39. The monoisotopic (exact) mass is 859 g/mol. The third-order valence-electron chi connectivity index (χ3n) is 11.5. The Balaban J connectivity index is 1.35. The smallest absolute Gasteiger partial charge is 0.326 e. The van der Waals surface area contributed by atoms with Crippen molar-refractivity contribution in [3.05, 3.63) is 107 Å². The molecule has 0 aromatic heterocycles. The van der Waals surface area contributed by atoms with E-state index >= 15 is 0 Å². The Labute approximate surface area is 367 Å². The maximum atomic E-state index is 14.5. The Bertz CT molecular complexity index is 2340. The van der Waals surface area contributed by atoms with Gasteiger partial charge in [-0.25, -0.2) is 4.79 Å². The summed E-state index contributed by atoms with van der Waals surface area (Å²) in [5.74, 6) is -6.01. The van der Waals surface area contributed by atoms with E-state index in [4.69, 9.17) is 11.5 Å². The number of hydrogen-bond acceptors (Lipinski definition) is 9. The number of nitrogens with zero attached hydrogens (tertiary/aromatic N) is 2. The highest BCUT2D eigenvalue weighted by atomic mass is 16.4. The van der Waals surface area contributed by atoms with Gasteiger partial charge in [-0.05, 0) is 77.8 Å². The van der Waals surface area contributed by atoms with Crippen molar-refractivity contribution in [1.82, 2.24) is 10.2 Å². The lowest BCUT2D eigenvalue weighted by Gasteiger charge is -2.32. The number of ketones is 3. The van der Waals surface area contributed by atoms with Gasteiger partial charge in [0.1, 0.15) is 29.4 Å². The number of amides is 2. The summed E-state index contributed by atoms with van der Waals surface area (Å²) >= 11 is 0. The number of carbonyl (C=O) groups excluding carboxylic acids is 5. The van der Waals surface area contributed by atoms with Gasteiger partial charge in [0.15, 0.2) is 17.5 Å². The lowest BCUT2D eigenvalue weighted by atomic mass is 9.88. The van der Waals surface area contributed by atoms with Crippen LogP contribution in [0.15, 0.2) is 89.9 Å². The number of carbonyl (C=O) groups is 6. The van der Waals surface area contributed by atoms with Crippen LogP contribution in [-0.2, 0) is 36.8 Å². The lowest BCUT2D eigenvalue weighted by Crippen LogP contribution is -2.45. The molecule has 0 radical (unpaired) electrons. The summed E-state index contributed by atoms with van der Waals surface area (Å²) in [6.45, 7) is 3.80. The first-order valence-corrected chi connectivity index (χ1v) is 21.3. The molecule has 5 rings (SSSR count). The van der Waals surface area contributed by atoms with Crippen LogP contribution in [0.3, 0.4) is 0 Å². The molecule has 0 aliphatic carbocycles. The number of phenolic OH excluding ortho intramolecular Hbond substituents is 2. The maximum Gasteiger partial charge on any atom is 0.326 e. The number of carboxylic acid groups (broad SMARTS) is 1. The molecule has 1 heterocycles. The van der Waals surface area contributed by atoms with Crippen LogP contribution >= 0.6 is 0 Å². The van der Waals surface area contributed by atoms with E-state index in [0.29, 0.717) is 17.5 Å². The highest BCUT2D eigenvalue weighted by molar-refractivity contribution is 5.97. The van der Waals surface area contributed by atoms with Gasteiger partial charge in [-0.15, -0.1) is 0 Å². The van der Waals surface area contributed by atoms with Gasteiger partial charge in [-0.3, -0.25) is 29.0 Å². The normalized spacial score (nSPS) is 16.8. The molecular formula is C49H57N5O9. The van der Waals surface area contributed by atoms with Crippen LogP contribution < -0.4 is 16.8 Å². The number of likely N-dealkylation sites (N-methyl/N-ethyl adjacent to an activating group) is 1. The molecule has 332 valence electrons. The molecule has 0 saturated heterocycles. The number of nitrogens with one attached hydrogen (secondary N) is 1. The minimum Gasteiger partial charge on any atom is -0.507 e. The summed E-state index contributed by atoms with van der Waals surface area (Å²) in [5.41, 5.74) is 15.9. The number of hydrogen-bond donors (Lipinski definition) is 6. The fourth-order valence-electron chi connectivity index (χ4n) is 7.99. The van der Waals surface area contributed by atoms with Crippen LogP contribution in [0, 0.1) is 11.8 Å². The Morgan fingerprint density at radius 2 is 1.48 bits per heavy atom. The molecule has 14 heteroatoms. The number of aromatic hydroxyl groups is 2. The predicted octanol–water partition coefficient (Wildman–Crippen LogP) is 6.29. The fourth-order valence-corrected chi connectivity index (χ4v) is 7.99. The maximum absolute atomic E-state index is 14.5. The Morgan fingerprint density at radius 3 is 2.11 bits per heavy atom. The molecule has 4 bridgehead atoms. The number of aryl methyl sites for hydroxylation is 1. The number of carboxylic acids is 1. The number of rotatable bonds is 17. The van der Waals surface area contributed by atoms with Gasteiger partial charge in [0.2, 0.25) is 11.8 Å². The van der Waals surface area contributed by atoms with Crippen molar-refractivity contribution in [2.75, 3.05) is 13.6 Å². The zero-order chi connectivity index (χ0) is 45.8. The fraction of sp³-hybridized carbons (Fsp3) is 0.367. The molecule has 0 fully saturated rings. The van der Waals surface area contributed by atoms with Gasteiger partial charge >= 0.3 is 5.97 Å². The molecular weight excluding hydrogens is 803 g/mol. The molecule has 4 aromatic rings. The Morgan fingerprint density at radius 1 is 0.841 bits per heavy atom. The minimum atomic E-state index is -1.36. The summed E-state index contributed by atoms with van der Waals surface area (Å²) in [7, 11) is 1.42. The van der Waals surface area contributed by atoms with Crippen LogP contribution in [0.2, 0.25) is 0 Å². The van der Waals surface area contributed by atoms with E-state index in [-0.39, 0.29) is 97.2 Å². The first kappa shape index (κ1) is 47.2. The van der Waals surface area contributed by atoms with Crippen molar-refractivity contribution in [3.63, 3.8) is 0 Å². The molecule has 4 aromatic carbocycles. The van der Waals surface area contributed by atoms with E-state index in [9.17, 15) is 44.1 Å². The molecule has 2 amide bonds. The first-order chi connectivity index (χ1) is 30.1. The van der Waals surface area contributed by atoms with Gasteiger partial charge in [-0.2, -0.15) is 0 Å². The van der Waals surface area contributed by atoms with Crippen LogP contribution in [0.5, 0.6) is 11.5 Å². The van der Waals surface area contributed by atoms with Crippen LogP contribution in [-0.4, -0.2) is 80.9 Å². The zero-order valence-corrected chi connectivity index (χ0v) is 36.0. The van der Waals surface area contributed by atoms with Crippen LogP contribution in [0.1, 0.15) is 98.3 Å². The highest BCUT2D eigenvalue weighted by Gasteiger charge is 2.36. The first-order valence-electron chi connectivity index (χ1n) is 21.3. The third-order valence-corrected chi connectivity index (χ3v) is 11.5. The van der Waals surface area contributed by atoms with Crippen molar-refractivity contribution in [3.8, 4) is 33.8 Å². The quantitative estimate of drug-likeness (QED) is 0.0298. The summed E-state index contributed by atoms with van der Waals surface area (Å²) in [6, 6.07) is 21.7. The number of guanidine groups is 1. The number of Topliss-reactive ketones (excluding diaryl/α,β-unsaturated/α-hetero) is 3. The molecule has 0 saturated carbocycles. The number of nitrogens with two attached hydrogens (primary N) is 2. The van der Waals surface area contributed by atoms with Crippen molar-refractivity contribution >= 4 is 41.1 Å². The summed E-state index contributed by atoms with van der Waals surface area (Å²) < 4.78 is 0. The molecule has 1 aliphatic rings. The van der Waals surface area contributed by atoms with E-state index < -0.39 is 47.5 Å². The SMILES string of the molecule is CCCc1ccc(-c2ccc(C(=O)CCCC(=O)C[C@@H](CCCN=C(N)N)C(=O)N(C)[C@@H]3C(=O)C[C@@H](C)C(=O)N[C@H](C(=O)O)Cc4ccc(O)c(c4)-c4cc3ccc4O)cc2)cc1. The topological polar surface area (TPSA) is 243 Å². The molecule has 0 spiro atoms. The summed E-state index contributed by atoms with van der Waals surface area (Å²) in [6.07, 6.45) is 2.28. The average molecular weight is 860 g/mol.